The molecule has 1 atom stereocenters. The normalized spacial score (nSPS) is 11.6. The lowest BCUT2D eigenvalue weighted by atomic mass is 10.1. The van der Waals surface area contributed by atoms with Gasteiger partial charge in [-0.3, -0.25) is 4.79 Å². The molecule has 1 amide bonds. The number of alkyl halides is 1. The van der Waals surface area contributed by atoms with Crippen LogP contribution in [-0.2, 0) is 4.79 Å². The molecule has 0 heterocycles. The Morgan fingerprint density at radius 3 is 2.88 bits per heavy atom. The van der Waals surface area contributed by atoms with Crippen LogP contribution in [0.5, 0.6) is 0 Å². The fraction of sp³-hybridized carbons (Fsp3) is 0.250. The largest absolute Gasteiger partial charge is 0.338 e. The van der Waals surface area contributed by atoms with Gasteiger partial charge in [0.2, 0.25) is 5.91 Å². The second kappa shape index (κ2) is 5.93. The Morgan fingerprint density at radius 2 is 2.38 bits per heavy atom. The summed E-state index contributed by atoms with van der Waals surface area (Å²) in [6, 6.07) is 5.05. The molecule has 1 aromatic rings. The van der Waals surface area contributed by atoms with E-state index in [4.69, 9.17) is 18.0 Å². The van der Waals surface area contributed by atoms with E-state index in [1.165, 1.54) is 0 Å². The van der Waals surface area contributed by atoms with E-state index in [2.05, 4.69) is 27.2 Å². The molecular formula is C12H11BrClNO. The quantitative estimate of drug-likeness (QED) is 0.675. The van der Waals surface area contributed by atoms with Crippen molar-refractivity contribution in [3.63, 3.8) is 0 Å². The van der Waals surface area contributed by atoms with Crippen LogP contribution in [0.2, 0.25) is 5.02 Å². The molecule has 0 spiro atoms. The van der Waals surface area contributed by atoms with Crippen molar-refractivity contribution in [3.8, 4) is 12.3 Å². The van der Waals surface area contributed by atoms with Crippen LogP contribution >= 0.6 is 27.5 Å². The van der Waals surface area contributed by atoms with Crippen LogP contribution in [-0.4, -0.2) is 11.2 Å². The summed E-state index contributed by atoms with van der Waals surface area (Å²) >= 11 is 8.98. The SMILES string of the molecule is C#C[C@H](NC(=O)CBr)c1ccc(Cl)c(C)c1. The average Bonchev–Trinajstić information content (AvgIpc) is 2.29. The first-order valence-corrected chi connectivity index (χ1v) is 6.16. The van der Waals surface area contributed by atoms with Crippen molar-refractivity contribution < 1.29 is 4.79 Å². The highest BCUT2D eigenvalue weighted by Gasteiger charge is 2.11. The van der Waals surface area contributed by atoms with Gasteiger partial charge in [0.05, 0.1) is 5.33 Å². The zero-order valence-electron chi connectivity index (χ0n) is 8.76. The van der Waals surface area contributed by atoms with E-state index < -0.39 is 6.04 Å². The van der Waals surface area contributed by atoms with Gasteiger partial charge in [-0.2, -0.15) is 0 Å². The minimum absolute atomic E-state index is 0.143. The minimum Gasteiger partial charge on any atom is -0.338 e. The summed E-state index contributed by atoms with van der Waals surface area (Å²) in [6.07, 6.45) is 5.38. The summed E-state index contributed by atoms with van der Waals surface area (Å²) in [5, 5.41) is 3.63. The topological polar surface area (TPSA) is 29.1 Å². The maximum Gasteiger partial charge on any atom is 0.231 e. The van der Waals surface area contributed by atoms with Crippen LogP contribution in [0, 0.1) is 19.3 Å². The molecule has 0 fully saturated rings. The zero-order valence-corrected chi connectivity index (χ0v) is 11.1. The smallest absolute Gasteiger partial charge is 0.231 e. The van der Waals surface area contributed by atoms with E-state index >= 15 is 0 Å². The maximum absolute atomic E-state index is 11.2. The second-order valence-electron chi connectivity index (χ2n) is 3.31. The van der Waals surface area contributed by atoms with Crippen molar-refractivity contribution in [1.82, 2.24) is 5.32 Å². The van der Waals surface area contributed by atoms with Crippen molar-refractivity contribution in [2.45, 2.75) is 13.0 Å². The van der Waals surface area contributed by atoms with E-state index in [1.54, 1.807) is 6.07 Å². The number of amides is 1. The Kier molecular flexibility index (Phi) is 4.85. The van der Waals surface area contributed by atoms with Gasteiger partial charge >= 0.3 is 0 Å². The molecule has 1 rings (SSSR count). The summed E-state index contributed by atoms with van der Waals surface area (Å²) in [5.74, 6) is 2.39. The van der Waals surface area contributed by atoms with Crippen molar-refractivity contribution in [2.75, 3.05) is 5.33 Å². The average molecular weight is 301 g/mol. The van der Waals surface area contributed by atoms with E-state index in [1.807, 2.05) is 19.1 Å². The van der Waals surface area contributed by atoms with Gasteiger partial charge in [0.1, 0.15) is 6.04 Å². The Labute approximate surface area is 109 Å². The Morgan fingerprint density at radius 1 is 1.69 bits per heavy atom. The maximum atomic E-state index is 11.2. The molecule has 0 bridgehead atoms. The molecule has 1 aromatic carbocycles. The first-order valence-electron chi connectivity index (χ1n) is 4.66. The fourth-order valence-corrected chi connectivity index (χ4v) is 1.55. The zero-order chi connectivity index (χ0) is 12.1. The first-order chi connectivity index (χ1) is 7.58. The third-order valence-corrected chi connectivity index (χ3v) is 3.04. The molecule has 0 saturated heterocycles. The third-order valence-electron chi connectivity index (χ3n) is 2.11. The molecule has 84 valence electrons. The summed E-state index contributed by atoms with van der Waals surface area (Å²) < 4.78 is 0. The van der Waals surface area contributed by atoms with Crippen LogP contribution in [0.3, 0.4) is 0 Å². The molecule has 2 nitrogen and oxygen atoms in total. The Balaban J connectivity index is 2.92. The lowest BCUT2D eigenvalue weighted by Gasteiger charge is -2.13. The Hall–Kier alpha value is -0.980. The molecular weight excluding hydrogens is 289 g/mol. The van der Waals surface area contributed by atoms with Crippen LogP contribution in [0.1, 0.15) is 17.2 Å². The van der Waals surface area contributed by atoms with Gasteiger partial charge in [0.15, 0.2) is 0 Å². The number of nitrogens with one attached hydrogen (secondary N) is 1. The number of hydrogen-bond donors (Lipinski definition) is 1. The standard InChI is InChI=1S/C12H11BrClNO/c1-3-11(15-12(16)7-13)9-4-5-10(14)8(2)6-9/h1,4-6,11H,7H2,2H3,(H,15,16)/t11-/m0/s1. The highest BCUT2D eigenvalue weighted by molar-refractivity contribution is 9.09. The number of aryl methyl sites for hydroxylation is 1. The third kappa shape index (κ3) is 3.26. The van der Waals surface area contributed by atoms with E-state index in [9.17, 15) is 4.79 Å². The number of hydrogen-bond acceptors (Lipinski definition) is 1. The van der Waals surface area contributed by atoms with Crippen molar-refractivity contribution in [2.24, 2.45) is 0 Å². The van der Waals surface area contributed by atoms with E-state index in [0.29, 0.717) is 5.02 Å². The van der Waals surface area contributed by atoms with E-state index in [0.717, 1.165) is 11.1 Å². The minimum atomic E-state index is -0.416. The summed E-state index contributed by atoms with van der Waals surface area (Å²) in [6.45, 7) is 1.89. The lowest BCUT2D eigenvalue weighted by Crippen LogP contribution is -2.28. The fourth-order valence-electron chi connectivity index (χ4n) is 1.27. The molecule has 1 N–H and O–H groups in total. The number of carbonyl (C=O) groups is 1. The number of benzene rings is 1. The molecule has 4 heteroatoms. The summed E-state index contributed by atoms with van der Waals surface area (Å²) in [5.41, 5.74) is 1.80. The van der Waals surface area contributed by atoms with Crippen molar-refractivity contribution >= 4 is 33.4 Å². The second-order valence-corrected chi connectivity index (χ2v) is 4.28. The van der Waals surface area contributed by atoms with Gasteiger partial charge in [-0.15, -0.1) is 6.42 Å². The van der Waals surface area contributed by atoms with Gasteiger partial charge in [-0.1, -0.05) is 45.6 Å². The van der Waals surface area contributed by atoms with Crippen LogP contribution in [0.4, 0.5) is 0 Å². The van der Waals surface area contributed by atoms with Crippen molar-refractivity contribution in [3.05, 3.63) is 34.3 Å². The number of rotatable bonds is 3. The van der Waals surface area contributed by atoms with Gasteiger partial charge < -0.3 is 5.32 Å². The molecule has 0 aromatic heterocycles. The number of terminal acetylenes is 1. The monoisotopic (exact) mass is 299 g/mol. The molecule has 0 aliphatic carbocycles. The molecule has 0 aliphatic rings. The number of halogens is 2. The summed E-state index contributed by atoms with van der Waals surface area (Å²) in [4.78, 5) is 11.2. The van der Waals surface area contributed by atoms with Crippen LogP contribution < -0.4 is 5.32 Å². The van der Waals surface area contributed by atoms with Gasteiger partial charge in [0, 0.05) is 5.02 Å². The van der Waals surface area contributed by atoms with Gasteiger partial charge in [0.25, 0.3) is 0 Å². The Bertz CT molecular complexity index is 439. The first kappa shape index (κ1) is 13.1. The van der Waals surface area contributed by atoms with Gasteiger partial charge in [-0.25, -0.2) is 0 Å². The van der Waals surface area contributed by atoms with Crippen molar-refractivity contribution in [1.29, 1.82) is 0 Å². The summed E-state index contributed by atoms with van der Waals surface area (Å²) in [7, 11) is 0. The molecule has 0 aliphatic heterocycles. The number of carbonyl (C=O) groups excluding carboxylic acids is 1. The predicted octanol–water partition coefficient (Wildman–Crippen LogP) is 2.83. The highest BCUT2D eigenvalue weighted by Crippen LogP contribution is 2.20. The van der Waals surface area contributed by atoms with Crippen LogP contribution in [0.25, 0.3) is 0 Å². The molecule has 0 unspecified atom stereocenters. The van der Waals surface area contributed by atoms with Gasteiger partial charge in [-0.05, 0) is 24.1 Å². The lowest BCUT2D eigenvalue weighted by molar-refractivity contribution is -0.118. The molecule has 0 radical (unpaired) electrons. The van der Waals surface area contributed by atoms with Crippen LogP contribution in [0.15, 0.2) is 18.2 Å². The predicted molar refractivity (Wildman–Crippen MR) is 69.7 cm³/mol. The highest BCUT2D eigenvalue weighted by atomic mass is 79.9. The molecule has 0 saturated carbocycles. The molecule has 16 heavy (non-hydrogen) atoms. The van der Waals surface area contributed by atoms with E-state index in [-0.39, 0.29) is 11.2 Å².